The van der Waals surface area contributed by atoms with Crippen molar-refractivity contribution in [2.24, 2.45) is 0 Å². The number of nitrogens with zero attached hydrogens (tertiary/aromatic N) is 2. The van der Waals surface area contributed by atoms with Gasteiger partial charge in [0.15, 0.2) is 0 Å². The van der Waals surface area contributed by atoms with E-state index in [2.05, 4.69) is 15.6 Å². The number of hydrogen-bond donors (Lipinski definition) is 3. The highest BCUT2D eigenvalue weighted by molar-refractivity contribution is 5.77. The number of fused-ring (bicyclic) bond motifs is 1. The number of aromatic nitrogens is 2. The van der Waals surface area contributed by atoms with E-state index in [-0.39, 0.29) is 11.9 Å². The van der Waals surface area contributed by atoms with Gasteiger partial charge >= 0.3 is 0 Å². The molecule has 6 nitrogen and oxygen atoms in total. The number of aliphatic hydroxyl groups excluding tert-OH is 1. The summed E-state index contributed by atoms with van der Waals surface area (Å²) in [5, 5.41) is 15.8. The number of β-amino-alcohol motifs (C(OH)–C–C–N with tert-alkyl or cyclic N) is 1. The molecule has 0 bridgehead atoms. The van der Waals surface area contributed by atoms with E-state index in [4.69, 9.17) is 0 Å². The average molecular weight is 288 g/mol. The van der Waals surface area contributed by atoms with Crippen LogP contribution in [0.15, 0.2) is 30.6 Å². The number of rotatable bonds is 4. The fraction of sp³-hybridized carbons (Fsp3) is 0.467. The van der Waals surface area contributed by atoms with Gasteiger partial charge in [-0.25, -0.2) is 4.98 Å². The highest BCUT2D eigenvalue weighted by Crippen LogP contribution is 2.12. The minimum absolute atomic E-state index is 0.0290. The topological polar surface area (TPSA) is 79.2 Å². The second-order valence-corrected chi connectivity index (χ2v) is 5.41. The van der Waals surface area contributed by atoms with Gasteiger partial charge in [-0.15, -0.1) is 0 Å². The number of aliphatic hydroxyl groups is 1. The van der Waals surface area contributed by atoms with E-state index >= 15 is 0 Å². The summed E-state index contributed by atoms with van der Waals surface area (Å²) in [6.45, 7) is 1.96. The molecule has 1 saturated heterocycles. The van der Waals surface area contributed by atoms with Gasteiger partial charge in [-0.05, 0) is 25.1 Å². The monoisotopic (exact) mass is 288 g/mol. The Bertz CT molecular complexity index is 625. The normalized spacial score (nSPS) is 22.3. The molecule has 2 atom stereocenters. The Morgan fingerprint density at radius 3 is 3.19 bits per heavy atom. The summed E-state index contributed by atoms with van der Waals surface area (Å²) in [4.78, 5) is 16.3. The van der Waals surface area contributed by atoms with Crippen molar-refractivity contribution in [2.45, 2.75) is 31.5 Å². The first kappa shape index (κ1) is 14.0. The maximum atomic E-state index is 12.0. The molecule has 112 valence electrons. The molecule has 3 N–H and O–H groups in total. The zero-order chi connectivity index (χ0) is 14.7. The van der Waals surface area contributed by atoms with E-state index in [1.54, 1.807) is 6.33 Å². The molecule has 0 saturated carbocycles. The van der Waals surface area contributed by atoms with E-state index in [0.717, 1.165) is 24.0 Å². The molecule has 0 radical (unpaired) electrons. The number of benzene rings is 1. The lowest BCUT2D eigenvalue weighted by Crippen LogP contribution is -2.52. The Labute approximate surface area is 123 Å². The SMILES string of the molecule is O=C(CCn1cnc2ccccc21)NC1CCNCC1O. The maximum absolute atomic E-state index is 12.0. The van der Waals surface area contributed by atoms with Crippen LogP contribution in [-0.4, -0.2) is 45.8 Å². The maximum Gasteiger partial charge on any atom is 0.222 e. The van der Waals surface area contributed by atoms with Gasteiger partial charge < -0.3 is 20.3 Å². The van der Waals surface area contributed by atoms with Gasteiger partial charge in [0.25, 0.3) is 0 Å². The molecule has 21 heavy (non-hydrogen) atoms. The van der Waals surface area contributed by atoms with E-state index < -0.39 is 6.10 Å². The van der Waals surface area contributed by atoms with Gasteiger partial charge in [0.1, 0.15) is 0 Å². The van der Waals surface area contributed by atoms with Gasteiger partial charge in [-0.3, -0.25) is 4.79 Å². The third-order valence-electron chi connectivity index (χ3n) is 3.90. The quantitative estimate of drug-likeness (QED) is 0.754. The third kappa shape index (κ3) is 3.22. The second-order valence-electron chi connectivity index (χ2n) is 5.41. The number of carbonyl (C=O) groups is 1. The smallest absolute Gasteiger partial charge is 0.222 e. The first-order valence-electron chi connectivity index (χ1n) is 7.32. The van der Waals surface area contributed by atoms with Crippen LogP contribution in [0.1, 0.15) is 12.8 Å². The second kappa shape index (κ2) is 6.24. The Kier molecular flexibility index (Phi) is 4.17. The first-order valence-corrected chi connectivity index (χ1v) is 7.32. The van der Waals surface area contributed by atoms with Crippen molar-refractivity contribution in [3.63, 3.8) is 0 Å². The summed E-state index contributed by atoms with van der Waals surface area (Å²) in [6.07, 6.45) is 2.41. The highest BCUT2D eigenvalue weighted by Gasteiger charge is 2.23. The number of carbonyl (C=O) groups excluding carboxylic acids is 1. The van der Waals surface area contributed by atoms with Crippen LogP contribution in [0, 0.1) is 0 Å². The Balaban J connectivity index is 1.56. The number of hydrogen-bond acceptors (Lipinski definition) is 4. The van der Waals surface area contributed by atoms with Gasteiger partial charge in [-0.1, -0.05) is 12.1 Å². The van der Waals surface area contributed by atoms with Crippen LogP contribution in [0.2, 0.25) is 0 Å². The first-order chi connectivity index (χ1) is 10.2. The summed E-state index contributed by atoms with van der Waals surface area (Å²) >= 11 is 0. The van der Waals surface area contributed by atoms with Crippen LogP contribution in [0.5, 0.6) is 0 Å². The van der Waals surface area contributed by atoms with Crippen LogP contribution in [0.3, 0.4) is 0 Å². The number of aryl methyl sites for hydroxylation is 1. The van der Waals surface area contributed by atoms with Crippen LogP contribution in [-0.2, 0) is 11.3 Å². The van der Waals surface area contributed by atoms with Crippen LogP contribution in [0.4, 0.5) is 0 Å². The van der Waals surface area contributed by atoms with E-state index in [1.165, 1.54) is 0 Å². The number of para-hydroxylation sites is 2. The molecule has 2 heterocycles. The van der Waals surface area contributed by atoms with Crippen molar-refractivity contribution < 1.29 is 9.90 Å². The van der Waals surface area contributed by atoms with Crippen molar-refractivity contribution in [3.05, 3.63) is 30.6 Å². The lowest BCUT2D eigenvalue weighted by atomic mass is 10.0. The molecule has 1 amide bonds. The van der Waals surface area contributed by atoms with E-state index in [1.807, 2.05) is 28.8 Å². The van der Waals surface area contributed by atoms with Crippen LogP contribution >= 0.6 is 0 Å². The summed E-state index contributed by atoms with van der Waals surface area (Å²) in [7, 11) is 0. The predicted molar refractivity (Wildman–Crippen MR) is 79.8 cm³/mol. The van der Waals surface area contributed by atoms with Crippen molar-refractivity contribution in [1.82, 2.24) is 20.2 Å². The summed E-state index contributed by atoms with van der Waals surface area (Å²) < 4.78 is 1.98. The standard InChI is InChI=1S/C15H20N4O2/c20-14-9-16-7-5-12(14)18-15(21)6-8-19-10-17-11-3-1-2-4-13(11)19/h1-4,10,12,14,16,20H,5-9H2,(H,18,21). The van der Waals surface area contributed by atoms with Crippen LogP contribution in [0.25, 0.3) is 11.0 Å². The zero-order valence-corrected chi connectivity index (χ0v) is 11.8. The Morgan fingerprint density at radius 2 is 2.33 bits per heavy atom. The van der Waals surface area contributed by atoms with Crippen LogP contribution < -0.4 is 10.6 Å². The summed E-state index contributed by atoms with van der Waals surface area (Å²) in [6, 6.07) is 7.73. The fourth-order valence-electron chi connectivity index (χ4n) is 2.70. The zero-order valence-electron chi connectivity index (χ0n) is 11.8. The third-order valence-corrected chi connectivity index (χ3v) is 3.90. The Morgan fingerprint density at radius 1 is 1.48 bits per heavy atom. The fourth-order valence-corrected chi connectivity index (χ4v) is 2.70. The van der Waals surface area contributed by atoms with Crippen molar-refractivity contribution in [1.29, 1.82) is 0 Å². The van der Waals surface area contributed by atoms with E-state index in [9.17, 15) is 9.90 Å². The van der Waals surface area contributed by atoms with Gasteiger partial charge in [0.2, 0.25) is 5.91 Å². The molecule has 2 unspecified atom stereocenters. The molecular weight excluding hydrogens is 268 g/mol. The molecule has 2 aromatic rings. The molecule has 1 aliphatic rings. The predicted octanol–water partition coefficient (Wildman–Crippen LogP) is 0.265. The van der Waals surface area contributed by atoms with Crippen molar-refractivity contribution in [3.8, 4) is 0 Å². The molecule has 1 aromatic carbocycles. The molecule has 1 aliphatic heterocycles. The van der Waals surface area contributed by atoms with Gasteiger partial charge in [0.05, 0.1) is 29.5 Å². The molecule has 1 fully saturated rings. The largest absolute Gasteiger partial charge is 0.390 e. The molecule has 3 rings (SSSR count). The Hall–Kier alpha value is -1.92. The molecule has 0 spiro atoms. The average Bonchev–Trinajstić information content (AvgIpc) is 2.91. The van der Waals surface area contributed by atoms with Gasteiger partial charge in [0, 0.05) is 19.5 Å². The number of imidazole rings is 1. The lowest BCUT2D eigenvalue weighted by molar-refractivity contribution is -0.123. The lowest BCUT2D eigenvalue weighted by Gasteiger charge is -2.29. The van der Waals surface area contributed by atoms with Gasteiger partial charge in [-0.2, -0.15) is 0 Å². The molecule has 6 heteroatoms. The molecule has 0 aliphatic carbocycles. The summed E-state index contributed by atoms with van der Waals surface area (Å²) in [5.41, 5.74) is 1.97. The number of piperidine rings is 1. The van der Waals surface area contributed by atoms with Crippen molar-refractivity contribution >= 4 is 16.9 Å². The minimum Gasteiger partial charge on any atom is -0.390 e. The molecule has 1 aromatic heterocycles. The van der Waals surface area contributed by atoms with Crippen molar-refractivity contribution in [2.75, 3.05) is 13.1 Å². The number of nitrogens with one attached hydrogen (secondary N) is 2. The highest BCUT2D eigenvalue weighted by atomic mass is 16.3. The van der Waals surface area contributed by atoms with E-state index in [0.29, 0.717) is 19.5 Å². The molecular formula is C15H20N4O2. The number of amides is 1. The minimum atomic E-state index is -0.503. The summed E-state index contributed by atoms with van der Waals surface area (Å²) in [5.74, 6) is -0.0290.